The van der Waals surface area contributed by atoms with Gasteiger partial charge in [0, 0.05) is 12.6 Å². The molecular formula is C25H27N3O2. The number of anilines is 1. The summed E-state index contributed by atoms with van der Waals surface area (Å²) in [5.74, 6) is 0.959. The largest absolute Gasteiger partial charge is 0.382 e. The van der Waals surface area contributed by atoms with Gasteiger partial charge in [-0.15, -0.1) is 0 Å². The first kappa shape index (κ1) is 19.1. The van der Waals surface area contributed by atoms with E-state index >= 15 is 0 Å². The Morgan fingerprint density at radius 1 is 1.13 bits per heavy atom. The lowest BCUT2D eigenvalue weighted by Gasteiger charge is -2.27. The average Bonchev–Trinajstić information content (AvgIpc) is 3.49. The number of aliphatic hydroxyl groups excluding tert-OH is 1. The molecule has 30 heavy (non-hydrogen) atoms. The maximum Gasteiger partial charge on any atom is 0.221 e. The quantitative estimate of drug-likeness (QED) is 0.585. The van der Waals surface area contributed by atoms with Crippen molar-refractivity contribution in [2.24, 2.45) is 0 Å². The number of carbonyl (C=O) groups excluding carboxylic acids is 1. The van der Waals surface area contributed by atoms with Crippen molar-refractivity contribution < 1.29 is 9.90 Å². The SMILES string of the molecule is CC(=O)Nc1ccc(C2CC=C([C@H](O)c3c(C4CC4)ccc4cncn34)CC2)cc1. The summed E-state index contributed by atoms with van der Waals surface area (Å²) in [5, 5.41) is 14.2. The van der Waals surface area contributed by atoms with Crippen molar-refractivity contribution in [3.8, 4) is 0 Å². The van der Waals surface area contributed by atoms with Crippen molar-refractivity contribution >= 4 is 17.1 Å². The summed E-state index contributed by atoms with van der Waals surface area (Å²) in [6.07, 6.45) is 10.5. The van der Waals surface area contributed by atoms with Crippen molar-refractivity contribution in [1.29, 1.82) is 0 Å². The van der Waals surface area contributed by atoms with Gasteiger partial charge in [-0.05, 0) is 78.8 Å². The molecule has 0 bridgehead atoms. The molecule has 1 unspecified atom stereocenters. The molecule has 2 aliphatic rings. The van der Waals surface area contributed by atoms with Crippen LogP contribution in [0.2, 0.25) is 0 Å². The number of benzene rings is 1. The van der Waals surface area contributed by atoms with Gasteiger partial charge in [-0.3, -0.25) is 9.20 Å². The lowest BCUT2D eigenvalue weighted by molar-refractivity contribution is -0.114. The fourth-order valence-corrected chi connectivity index (χ4v) is 4.68. The van der Waals surface area contributed by atoms with E-state index in [4.69, 9.17) is 0 Å². The zero-order chi connectivity index (χ0) is 20.7. The van der Waals surface area contributed by atoms with Gasteiger partial charge in [-0.25, -0.2) is 4.98 Å². The molecule has 2 N–H and O–H groups in total. The number of fused-ring (bicyclic) bond motifs is 1. The minimum absolute atomic E-state index is 0.0551. The van der Waals surface area contributed by atoms with Gasteiger partial charge in [0.15, 0.2) is 0 Å². The van der Waals surface area contributed by atoms with Crippen LogP contribution >= 0.6 is 0 Å². The number of pyridine rings is 1. The standard InChI is InChI=1S/C25H27N3O2/c1-16(29)27-21-10-8-18(9-11-21)17-2-6-20(7-3-17)25(30)24-23(19-4-5-19)13-12-22-14-26-15-28(22)24/h6,8-15,17,19,25,30H,2-5,7H2,1H3,(H,27,29)/t17?,25-/m0/s1. The van der Waals surface area contributed by atoms with Crippen LogP contribution < -0.4 is 5.32 Å². The fraction of sp³-hybridized carbons (Fsp3) is 0.360. The molecule has 2 aliphatic carbocycles. The zero-order valence-electron chi connectivity index (χ0n) is 17.2. The maximum atomic E-state index is 11.3. The molecule has 2 heterocycles. The Balaban J connectivity index is 1.36. The molecule has 5 rings (SSSR count). The number of amides is 1. The van der Waals surface area contributed by atoms with Crippen molar-refractivity contribution in [1.82, 2.24) is 9.38 Å². The Morgan fingerprint density at radius 3 is 2.60 bits per heavy atom. The van der Waals surface area contributed by atoms with Gasteiger partial charge in [-0.1, -0.05) is 24.3 Å². The van der Waals surface area contributed by atoms with E-state index in [1.165, 1.54) is 30.9 Å². The van der Waals surface area contributed by atoms with Crippen molar-refractivity contribution in [2.45, 2.75) is 57.0 Å². The zero-order valence-corrected chi connectivity index (χ0v) is 17.2. The topological polar surface area (TPSA) is 66.6 Å². The number of nitrogens with one attached hydrogen (secondary N) is 1. The average molecular weight is 402 g/mol. The number of allylic oxidation sites excluding steroid dienone is 1. The predicted molar refractivity (Wildman–Crippen MR) is 118 cm³/mol. The van der Waals surface area contributed by atoms with Gasteiger partial charge in [0.25, 0.3) is 0 Å². The molecule has 0 saturated heterocycles. The van der Waals surface area contributed by atoms with E-state index in [0.717, 1.165) is 41.7 Å². The van der Waals surface area contributed by atoms with Gasteiger partial charge < -0.3 is 10.4 Å². The molecule has 2 aromatic heterocycles. The fourth-order valence-electron chi connectivity index (χ4n) is 4.68. The van der Waals surface area contributed by atoms with Crippen LogP contribution in [0.4, 0.5) is 5.69 Å². The molecule has 1 fully saturated rings. The van der Waals surface area contributed by atoms with Crippen LogP contribution in [0.15, 0.2) is 60.6 Å². The lowest BCUT2D eigenvalue weighted by atomic mass is 9.82. The highest BCUT2D eigenvalue weighted by atomic mass is 16.3. The van der Waals surface area contributed by atoms with Crippen molar-refractivity contribution in [3.63, 3.8) is 0 Å². The Hall–Kier alpha value is -2.92. The van der Waals surface area contributed by atoms with E-state index in [1.54, 1.807) is 0 Å². The Morgan fingerprint density at radius 2 is 1.93 bits per heavy atom. The molecular weight excluding hydrogens is 374 g/mol. The third-order valence-corrected chi connectivity index (χ3v) is 6.43. The van der Waals surface area contributed by atoms with Gasteiger partial charge in [0.05, 0.1) is 23.7 Å². The van der Waals surface area contributed by atoms with E-state index < -0.39 is 6.10 Å². The number of hydrogen-bond donors (Lipinski definition) is 2. The third kappa shape index (κ3) is 3.65. The van der Waals surface area contributed by atoms with E-state index in [-0.39, 0.29) is 5.91 Å². The van der Waals surface area contributed by atoms with Crippen molar-refractivity contribution in [3.05, 3.63) is 77.4 Å². The van der Waals surface area contributed by atoms with Crippen LogP contribution in [-0.4, -0.2) is 20.4 Å². The van der Waals surface area contributed by atoms with Gasteiger partial charge in [0.2, 0.25) is 5.91 Å². The molecule has 0 radical (unpaired) electrons. The van der Waals surface area contributed by atoms with E-state index in [9.17, 15) is 9.90 Å². The maximum absolute atomic E-state index is 11.3. The number of nitrogens with zero attached hydrogens (tertiary/aromatic N) is 2. The van der Waals surface area contributed by atoms with E-state index in [2.05, 4.69) is 45.0 Å². The van der Waals surface area contributed by atoms with Crippen LogP contribution in [0.3, 0.4) is 0 Å². The minimum Gasteiger partial charge on any atom is -0.382 e. The van der Waals surface area contributed by atoms with E-state index in [1.807, 2.05) is 24.7 Å². The second-order valence-electron chi connectivity index (χ2n) is 8.59. The molecule has 2 atom stereocenters. The summed E-state index contributed by atoms with van der Waals surface area (Å²) in [6.45, 7) is 1.52. The lowest BCUT2D eigenvalue weighted by Crippen LogP contribution is -2.14. The molecule has 5 nitrogen and oxygen atoms in total. The molecule has 1 aromatic carbocycles. The molecule has 0 aliphatic heterocycles. The monoisotopic (exact) mass is 401 g/mol. The summed E-state index contributed by atoms with van der Waals surface area (Å²) in [4.78, 5) is 15.5. The molecule has 154 valence electrons. The summed E-state index contributed by atoms with van der Waals surface area (Å²) < 4.78 is 2.06. The summed E-state index contributed by atoms with van der Waals surface area (Å²) in [6, 6.07) is 12.4. The first-order valence-electron chi connectivity index (χ1n) is 10.8. The first-order chi connectivity index (χ1) is 14.6. The normalized spacial score (nSPS) is 20.1. The number of aromatic nitrogens is 2. The second kappa shape index (κ2) is 7.73. The van der Waals surface area contributed by atoms with Gasteiger partial charge >= 0.3 is 0 Å². The number of rotatable bonds is 5. The highest BCUT2D eigenvalue weighted by Gasteiger charge is 2.31. The van der Waals surface area contributed by atoms with Crippen LogP contribution in [0.1, 0.15) is 73.8 Å². The molecule has 3 aromatic rings. The smallest absolute Gasteiger partial charge is 0.221 e. The van der Waals surface area contributed by atoms with Crippen LogP contribution in [0.25, 0.3) is 5.52 Å². The molecule has 5 heteroatoms. The Bertz CT molecular complexity index is 1110. The third-order valence-electron chi connectivity index (χ3n) is 6.43. The Kier molecular flexibility index (Phi) is 4.91. The highest BCUT2D eigenvalue weighted by molar-refractivity contribution is 5.88. The second-order valence-corrected chi connectivity index (χ2v) is 8.59. The summed E-state index contributed by atoms with van der Waals surface area (Å²) in [5.41, 5.74) is 6.52. The van der Waals surface area contributed by atoms with Crippen LogP contribution in [-0.2, 0) is 4.79 Å². The number of carbonyl (C=O) groups is 1. The Labute approximate surface area is 176 Å². The number of imidazole rings is 1. The first-order valence-corrected chi connectivity index (χ1v) is 10.8. The van der Waals surface area contributed by atoms with Crippen molar-refractivity contribution in [2.75, 3.05) is 5.32 Å². The molecule has 0 spiro atoms. The van der Waals surface area contributed by atoms with E-state index in [0.29, 0.717) is 11.8 Å². The van der Waals surface area contributed by atoms with Crippen LogP contribution in [0.5, 0.6) is 0 Å². The van der Waals surface area contributed by atoms with Crippen LogP contribution in [0, 0.1) is 0 Å². The number of aliphatic hydroxyl groups is 1. The minimum atomic E-state index is -0.582. The molecule has 1 amide bonds. The summed E-state index contributed by atoms with van der Waals surface area (Å²) >= 11 is 0. The highest BCUT2D eigenvalue weighted by Crippen LogP contribution is 2.45. The van der Waals surface area contributed by atoms with Gasteiger partial charge in [-0.2, -0.15) is 0 Å². The van der Waals surface area contributed by atoms with Gasteiger partial charge in [0.1, 0.15) is 6.10 Å². The summed E-state index contributed by atoms with van der Waals surface area (Å²) in [7, 11) is 0. The molecule has 1 saturated carbocycles. The predicted octanol–water partition coefficient (Wildman–Crippen LogP) is 5.10. The number of hydrogen-bond acceptors (Lipinski definition) is 3.